The first-order valence-electron chi connectivity index (χ1n) is 6.90. The van der Waals surface area contributed by atoms with E-state index in [0.29, 0.717) is 6.61 Å². The average molecular weight is 267 g/mol. The number of nitrogens with one attached hydrogen (secondary N) is 1. The second-order valence-electron chi connectivity index (χ2n) is 5.02. The molecular formula is C15H22FNO2. The fourth-order valence-corrected chi connectivity index (χ4v) is 2.41. The monoisotopic (exact) mass is 267 g/mol. The highest BCUT2D eigenvalue weighted by atomic mass is 19.1. The summed E-state index contributed by atoms with van der Waals surface area (Å²) in [5.74, 6) is 0.665. The van der Waals surface area contributed by atoms with E-state index in [4.69, 9.17) is 9.47 Å². The summed E-state index contributed by atoms with van der Waals surface area (Å²) in [7, 11) is 1.47. The van der Waals surface area contributed by atoms with Gasteiger partial charge >= 0.3 is 0 Å². The fraction of sp³-hybridized carbons (Fsp3) is 0.600. The Labute approximate surface area is 114 Å². The maximum atomic E-state index is 13.5. The van der Waals surface area contributed by atoms with E-state index in [-0.39, 0.29) is 11.6 Å². The second kappa shape index (κ2) is 7.46. The maximum Gasteiger partial charge on any atom is 0.165 e. The Morgan fingerprint density at radius 3 is 3.00 bits per heavy atom. The van der Waals surface area contributed by atoms with Gasteiger partial charge in [0, 0.05) is 6.61 Å². The minimum atomic E-state index is -0.333. The number of methoxy groups -OCH3 is 1. The van der Waals surface area contributed by atoms with Gasteiger partial charge in [-0.3, -0.25) is 0 Å². The Hall–Kier alpha value is -1.13. The molecule has 106 valence electrons. The summed E-state index contributed by atoms with van der Waals surface area (Å²) in [5.41, 5.74) is 0.847. The predicted octanol–water partition coefficient (Wildman–Crippen LogP) is 2.74. The molecule has 3 nitrogen and oxygen atoms in total. The number of rotatable bonds is 6. The normalized spacial score (nSPS) is 19.4. The molecular weight excluding hydrogens is 245 g/mol. The molecule has 1 atom stereocenters. The van der Waals surface area contributed by atoms with Crippen LogP contribution < -0.4 is 10.1 Å². The third-order valence-electron chi connectivity index (χ3n) is 3.55. The van der Waals surface area contributed by atoms with E-state index in [9.17, 15) is 4.39 Å². The molecule has 1 aromatic rings. The lowest BCUT2D eigenvalue weighted by Crippen LogP contribution is -2.30. The molecule has 1 saturated heterocycles. The van der Waals surface area contributed by atoms with E-state index >= 15 is 0 Å². The molecule has 0 spiro atoms. The minimum Gasteiger partial charge on any atom is -0.494 e. The molecule has 1 aliphatic rings. The van der Waals surface area contributed by atoms with Crippen LogP contribution in [0.25, 0.3) is 0 Å². The van der Waals surface area contributed by atoms with E-state index in [1.807, 2.05) is 6.07 Å². The van der Waals surface area contributed by atoms with Crippen LogP contribution in [0.5, 0.6) is 5.75 Å². The van der Waals surface area contributed by atoms with Crippen molar-refractivity contribution in [3.05, 3.63) is 29.6 Å². The lowest BCUT2D eigenvalue weighted by molar-refractivity contribution is 0.103. The van der Waals surface area contributed by atoms with E-state index in [1.54, 1.807) is 6.07 Å². The number of benzene rings is 1. The molecule has 4 heteroatoms. The van der Waals surface area contributed by atoms with E-state index in [1.165, 1.54) is 26.0 Å². The number of piperidine rings is 1. The van der Waals surface area contributed by atoms with Crippen LogP contribution in [0.15, 0.2) is 18.2 Å². The van der Waals surface area contributed by atoms with E-state index in [0.717, 1.165) is 37.6 Å². The van der Waals surface area contributed by atoms with Gasteiger partial charge in [0.25, 0.3) is 0 Å². The van der Waals surface area contributed by atoms with Crippen molar-refractivity contribution < 1.29 is 13.9 Å². The van der Waals surface area contributed by atoms with Crippen molar-refractivity contribution in [2.75, 3.05) is 26.8 Å². The highest BCUT2D eigenvalue weighted by Gasteiger charge is 2.12. The lowest BCUT2D eigenvalue weighted by atomic mass is 9.97. The van der Waals surface area contributed by atoms with Crippen molar-refractivity contribution in [3.63, 3.8) is 0 Å². The maximum absolute atomic E-state index is 13.5. The molecule has 1 aliphatic heterocycles. The summed E-state index contributed by atoms with van der Waals surface area (Å²) in [5, 5.41) is 3.39. The van der Waals surface area contributed by atoms with Crippen LogP contribution in [0.2, 0.25) is 0 Å². The SMILES string of the molecule is COc1ccc(COCCC2CCCNC2)cc1F. The van der Waals surface area contributed by atoms with Crippen molar-refractivity contribution >= 4 is 0 Å². The van der Waals surface area contributed by atoms with Crippen LogP contribution in [0.4, 0.5) is 4.39 Å². The summed E-state index contributed by atoms with van der Waals surface area (Å²) in [6.45, 7) is 3.43. The summed E-state index contributed by atoms with van der Waals surface area (Å²) in [4.78, 5) is 0. The quantitative estimate of drug-likeness (QED) is 0.804. The number of halogens is 1. The molecule has 0 saturated carbocycles. The van der Waals surface area contributed by atoms with Gasteiger partial charge in [0.2, 0.25) is 0 Å². The van der Waals surface area contributed by atoms with Crippen LogP contribution in [-0.2, 0) is 11.3 Å². The second-order valence-corrected chi connectivity index (χ2v) is 5.02. The van der Waals surface area contributed by atoms with Gasteiger partial charge in [-0.15, -0.1) is 0 Å². The Morgan fingerprint density at radius 1 is 1.42 bits per heavy atom. The van der Waals surface area contributed by atoms with Crippen molar-refractivity contribution in [2.24, 2.45) is 5.92 Å². The first-order chi connectivity index (χ1) is 9.29. The topological polar surface area (TPSA) is 30.5 Å². The van der Waals surface area contributed by atoms with Crippen molar-refractivity contribution in [1.29, 1.82) is 0 Å². The molecule has 0 aromatic heterocycles. The van der Waals surface area contributed by atoms with Crippen LogP contribution in [0, 0.1) is 11.7 Å². The van der Waals surface area contributed by atoms with Crippen LogP contribution in [-0.4, -0.2) is 26.8 Å². The zero-order valence-electron chi connectivity index (χ0n) is 11.5. The van der Waals surface area contributed by atoms with Gasteiger partial charge in [-0.25, -0.2) is 4.39 Å². The van der Waals surface area contributed by atoms with Gasteiger partial charge in [0.1, 0.15) is 0 Å². The Balaban J connectivity index is 1.69. The Kier molecular flexibility index (Phi) is 5.61. The zero-order chi connectivity index (χ0) is 13.5. The summed E-state index contributed by atoms with van der Waals surface area (Å²) in [6.07, 6.45) is 3.62. The van der Waals surface area contributed by atoms with Gasteiger partial charge in [-0.2, -0.15) is 0 Å². The van der Waals surface area contributed by atoms with Gasteiger partial charge < -0.3 is 14.8 Å². The minimum absolute atomic E-state index is 0.275. The number of hydrogen-bond acceptors (Lipinski definition) is 3. The standard InChI is InChI=1S/C15H22FNO2/c1-18-15-5-4-13(9-14(15)16)11-19-8-6-12-3-2-7-17-10-12/h4-5,9,12,17H,2-3,6-8,10-11H2,1H3. The molecule has 1 N–H and O–H groups in total. The third kappa shape index (κ3) is 4.48. The molecule has 0 radical (unpaired) electrons. The largest absolute Gasteiger partial charge is 0.494 e. The molecule has 19 heavy (non-hydrogen) atoms. The van der Waals surface area contributed by atoms with Gasteiger partial charge in [-0.1, -0.05) is 6.07 Å². The lowest BCUT2D eigenvalue weighted by Gasteiger charge is -2.22. The molecule has 2 rings (SSSR count). The van der Waals surface area contributed by atoms with Gasteiger partial charge in [0.15, 0.2) is 11.6 Å². The zero-order valence-corrected chi connectivity index (χ0v) is 11.5. The number of hydrogen-bond donors (Lipinski definition) is 1. The Bertz CT molecular complexity index is 392. The van der Waals surface area contributed by atoms with E-state index < -0.39 is 0 Å². The molecule has 1 aromatic carbocycles. The number of ether oxygens (including phenoxy) is 2. The molecule has 1 fully saturated rings. The van der Waals surface area contributed by atoms with Crippen molar-refractivity contribution in [2.45, 2.75) is 25.9 Å². The molecule has 0 aliphatic carbocycles. The first-order valence-corrected chi connectivity index (χ1v) is 6.90. The predicted molar refractivity (Wildman–Crippen MR) is 72.8 cm³/mol. The van der Waals surface area contributed by atoms with Crippen LogP contribution in [0.3, 0.4) is 0 Å². The Morgan fingerprint density at radius 2 is 2.32 bits per heavy atom. The third-order valence-corrected chi connectivity index (χ3v) is 3.55. The fourth-order valence-electron chi connectivity index (χ4n) is 2.41. The highest BCUT2D eigenvalue weighted by Crippen LogP contribution is 2.18. The summed E-state index contributed by atoms with van der Waals surface area (Å²) in [6, 6.07) is 4.95. The molecule has 1 unspecified atom stereocenters. The van der Waals surface area contributed by atoms with Crippen molar-refractivity contribution in [1.82, 2.24) is 5.32 Å². The highest BCUT2D eigenvalue weighted by molar-refractivity contribution is 5.28. The molecule has 0 bridgehead atoms. The molecule has 1 heterocycles. The van der Waals surface area contributed by atoms with Gasteiger partial charge in [-0.05, 0) is 56.0 Å². The smallest absolute Gasteiger partial charge is 0.165 e. The average Bonchev–Trinajstić information content (AvgIpc) is 2.45. The summed E-state index contributed by atoms with van der Waals surface area (Å²) >= 11 is 0. The first kappa shape index (κ1) is 14.3. The van der Waals surface area contributed by atoms with Crippen LogP contribution >= 0.6 is 0 Å². The van der Waals surface area contributed by atoms with E-state index in [2.05, 4.69) is 5.32 Å². The van der Waals surface area contributed by atoms with Crippen molar-refractivity contribution in [3.8, 4) is 5.75 Å². The van der Waals surface area contributed by atoms with Gasteiger partial charge in [0.05, 0.1) is 13.7 Å². The summed E-state index contributed by atoms with van der Waals surface area (Å²) < 4.78 is 24.0. The molecule has 0 amide bonds. The van der Waals surface area contributed by atoms with Crippen LogP contribution in [0.1, 0.15) is 24.8 Å².